The number of rotatable bonds is 8. The highest BCUT2D eigenvalue weighted by atomic mass is 16.6. The van der Waals surface area contributed by atoms with Crippen molar-refractivity contribution in [1.29, 1.82) is 0 Å². The first kappa shape index (κ1) is 15.8. The molecular weight excluding hydrogens is 208 g/mol. The summed E-state index contributed by atoms with van der Waals surface area (Å²) >= 11 is 0. The van der Waals surface area contributed by atoms with Crippen molar-refractivity contribution >= 4 is 0 Å². The Bertz CT molecular complexity index is 196. The third-order valence-electron chi connectivity index (χ3n) is 2.22. The van der Waals surface area contributed by atoms with Crippen LogP contribution in [-0.4, -0.2) is 42.3 Å². The molecule has 0 heterocycles. The van der Waals surface area contributed by atoms with Gasteiger partial charge in [-0.1, -0.05) is 0 Å². The highest BCUT2D eigenvalue weighted by Gasteiger charge is 2.27. The number of hydrogen-bond acceptors (Lipinski definition) is 5. The summed E-state index contributed by atoms with van der Waals surface area (Å²) in [5, 5.41) is 9.66. The van der Waals surface area contributed by atoms with Crippen LogP contribution in [0.1, 0.15) is 34.1 Å². The van der Waals surface area contributed by atoms with E-state index in [4.69, 9.17) is 20.9 Å². The average Bonchev–Trinajstić information content (AvgIpc) is 2.13. The van der Waals surface area contributed by atoms with Crippen LogP contribution < -0.4 is 11.5 Å². The molecule has 0 aromatic carbocycles. The number of aliphatic hydroxyl groups is 1. The van der Waals surface area contributed by atoms with Crippen LogP contribution in [0.25, 0.3) is 0 Å². The van der Waals surface area contributed by atoms with Crippen LogP contribution in [0.15, 0.2) is 0 Å². The molecule has 0 bridgehead atoms. The van der Waals surface area contributed by atoms with E-state index in [1.165, 1.54) is 0 Å². The number of nitrogens with two attached hydrogens (primary N) is 2. The summed E-state index contributed by atoms with van der Waals surface area (Å²) in [6.07, 6.45) is 0.537. The number of ether oxygens (including phenoxy) is 2. The van der Waals surface area contributed by atoms with E-state index in [-0.39, 0.29) is 18.2 Å². The molecule has 5 nitrogen and oxygen atoms in total. The van der Waals surface area contributed by atoms with Crippen molar-refractivity contribution in [2.45, 2.75) is 51.6 Å². The van der Waals surface area contributed by atoms with Gasteiger partial charge in [0.1, 0.15) is 0 Å². The minimum atomic E-state index is -1.27. The monoisotopic (exact) mass is 234 g/mol. The molecule has 16 heavy (non-hydrogen) atoms. The van der Waals surface area contributed by atoms with Crippen LogP contribution in [0.4, 0.5) is 0 Å². The maximum Gasteiger partial charge on any atom is 0.175 e. The highest BCUT2D eigenvalue weighted by Crippen LogP contribution is 2.20. The fourth-order valence-electron chi connectivity index (χ4n) is 1.61. The van der Waals surface area contributed by atoms with E-state index in [1.54, 1.807) is 6.92 Å². The molecule has 0 rings (SSSR count). The molecule has 0 aliphatic rings. The molecule has 0 aliphatic heterocycles. The minimum absolute atomic E-state index is 0.0709. The Kier molecular flexibility index (Phi) is 6.43. The van der Waals surface area contributed by atoms with Crippen LogP contribution in [0, 0.1) is 0 Å². The fourth-order valence-corrected chi connectivity index (χ4v) is 1.61. The molecule has 2 atom stereocenters. The molecule has 0 saturated heterocycles. The first-order valence-corrected chi connectivity index (χ1v) is 5.67. The first-order chi connectivity index (χ1) is 7.22. The lowest BCUT2D eigenvalue weighted by Gasteiger charge is -2.32. The van der Waals surface area contributed by atoms with Gasteiger partial charge in [0.15, 0.2) is 5.79 Å². The fraction of sp³-hybridized carbons (Fsp3) is 1.00. The van der Waals surface area contributed by atoms with Gasteiger partial charge >= 0.3 is 0 Å². The molecule has 2 unspecified atom stereocenters. The Morgan fingerprint density at radius 2 is 1.81 bits per heavy atom. The molecule has 0 aromatic heterocycles. The summed E-state index contributed by atoms with van der Waals surface area (Å²) in [6.45, 7) is 8.47. The molecule has 0 saturated carbocycles. The highest BCUT2D eigenvalue weighted by molar-refractivity contribution is 4.74. The second kappa shape index (κ2) is 6.51. The molecule has 98 valence electrons. The van der Waals surface area contributed by atoms with Gasteiger partial charge < -0.3 is 26.0 Å². The van der Waals surface area contributed by atoms with Crippen molar-refractivity contribution in [3.8, 4) is 0 Å². The molecule has 0 fully saturated rings. The van der Waals surface area contributed by atoms with Gasteiger partial charge in [-0.2, -0.15) is 0 Å². The molecule has 0 aromatic rings. The van der Waals surface area contributed by atoms with Crippen LogP contribution >= 0.6 is 0 Å². The Labute approximate surface area is 98.1 Å². The largest absolute Gasteiger partial charge is 0.374 e. The topological polar surface area (TPSA) is 90.7 Å². The van der Waals surface area contributed by atoms with Crippen molar-refractivity contribution in [2.75, 3.05) is 19.7 Å². The third kappa shape index (κ3) is 7.14. The maximum absolute atomic E-state index is 9.66. The van der Waals surface area contributed by atoms with Crippen molar-refractivity contribution in [3.05, 3.63) is 0 Å². The van der Waals surface area contributed by atoms with E-state index in [1.807, 2.05) is 20.8 Å². The Hall–Kier alpha value is -0.200. The van der Waals surface area contributed by atoms with Crippen molar-refractivity contribution in [1.82, 2.24) is 0 Å². The van der Waals surface area contributed by atoms with Gasteiger partial charge in [-0.15, -0.1) is 0 Å². The van der Waals surface area contributed by atoms with Gasteiger partial charge in [-0.25, -0.2) is 0 Å². The molecule has 5 N–H and O–H groups in total. The zero-order valence-corrected chi connectivity index (χ0v) is 10.8. The summed E-state index contributed by atoms with van der Waals surface area (Å²) in [4.78, 5) is 0. The zero-order chi connectivity index (χ0) is 12.8. The van der Waals surface area contributed by atoms with E-state index < -0.39 is 5.79 Å². The van der Waals surface area contributed by atoms with Crippen LogP contribution in [0.3, 0.4) is 0 Å². The van der Waals surface area contributed by atoms with E-state index in [2.05, 4.69) is 0 Å². The second-order valence-corrected chi connectivity index (χ2v) is 4.91. The normalized spacial score (nSPS) is 18.2. The lowest BCUT2D eigenvalue weighted by Crippen LogP contribution is -2.42. The maximum atomic E-state index is 9.66. The summed E-state index contributed by atoms with van der Waals surface area (Å²) in [5.41, 5.74) is 10.4. The van der Waals surface area contributed by atoms with E-state index in [0.29, 0.717) is 19.6 Å². The van der Waals surface area contributed by atoms with Crippen LogP contribution in [0.2, 0.25) is 0 Å². The van der Waals surface area contributed by atoms with E-state index >= 15 is 0 Å². The predicted molar refractivity (Wildman–Crippen MR) is 63.9 cm³/mol. The van der Waals surface area contributed by atoms with Gasteiger partial charge in [0.25, 0.3) is 0 Å². The lowest BCUT2D eigenvalue weighted by atomic mass is 10.0. The molecule has 5 heteroatoms. The first-order valence-electron chi connectivity index (χ1n) is 5.67. The smallest absolute Gasteiger partial charge is 0.175 e. The molecule has 0 radical (unpaired) electrons. The zero-order valence-electron chi connectivity index (χ0n) is 10.8. The lowest BCUT2D eigenvalue weighted by molar-refractivity contribution is -0.216. The molecular formula is C11H26N2O3. The number of hydrogen-bond donors (Lipinski definition) is 3. The average molecular weight is 234 g/mol. The second-order valence-electron chi connectivity index (χ2n) is 4.91. The summed E-state index contributed by atoms with van der Waals surface area (Å²) in [6, 6.07) is 0. The van der Waals surface area contributed by atoms with Crippen LogP contribution in [0.5, 0.6) is 0 Å². The van der Waals surface area contributed by atoms with Gasteiger partial charge in [0.2, 0.25) is 0 Å². The third-order valence-corrected chi connectivity index (χ3v) is 2.22. The SMILES string of the molecule is CC(CC(C)(C)OCCN)OC(C)(O)CN. The minimum Gasteiger partial charge on any atom is -0.374 e. The van der Waals surface area contributed by atoms with E-state index in [0.717, 1.165) is 0 Å². The van der Waals surface area contributed by atoms with Crippen molar-refractivity contribution in [3.63, 3.8) is 0 Å². The molecule has 0 amide bonds. The van der Waals surface area contributed by atoms with Gasteiger partial charge in [0, 0.05) is 19.5 Å². The summed E-state index contributed by atoms with van der Waals surface area (Å²) < 4.78 is 11.0. The van der Waals surface area contributed by atoms with Gasteiger partial charge in [-0.3, -0.25) is 0 Å². The molecule has 0 spiro atoms. The Morgan fingerprint density at radius 3 is 2.25 bits per heavy atom. The predicted octanol–water partition coefficient (Wildman–Crippen LogP) is 0.203. The standard InChI is InChI=1S/C11H26N2O3/c1-9(16-11(4,14)8-13)7-10(2,3)15-6-5-12/h9,14H,5-8,12-13H2,1-4H3. The summed E-state index contributed by atoms with van der Waals surface area (Å²) in [5.74, 6) is -1.27. The Morgan fingerprint density at radius 1 is 1.25 bits per heavy atom. The van der Waals surface area contributed by atoms with Crippen molar-refractivity contribution in [2.24, 2.45) is 11.5 Å². The van der Waals surface area contributed by atoms with Crippen LogP contribution in [-0.2, 0) is 9.47 Å². The van der Waals surface area contributed by atoms with Gasteiger partial charge in [0.05, 0.1) is 18.3 Å². The molecule has 0 aliphatic carbocycles. The van der Waals surface area contributed by atoms with Crippen molar-refractivity contribution < 1.29 is 14.6 Å². The Balaban J connectivity index is 4.07. The van der Waals surface area contributed by atoms with E-state index in [9.17, 15) is 5.11 Å². The summed E-state index contributed by atoms with van der Waals surface area (Å²) in [7, 11) is 0. The van der Waals surface area contributed by atoms with Gasteiger partial charge in [-0.05, 0) is 27.7 Å². The quantitative estimate of drug-likeness (QED) is 0.522.